The maximum atomic E-state index is 4.67. The van der Waals surface area contributed by atoms with Crippen LogP contribution in [0.15, 0.2) is 24.3 Å². The summed E-state index contributed by atoms with van der Waals surface area (Å²) in [6.07, 6.45) is 2.57. The molecule has 2 atom stereocenters. The van der Waals surface area contributed by atoms with Gasteiger partial charge in [-0.25, -0.2) is 4.98 Å². The van der Waals surface area contributed by atoms with Crippen LogP contribution in [-0.4, -0.2) is 9.55 Å². The van der Waals surface area contributed by atoms with Crippen molar-refractivity contribution in [3.05, 3.63) is 30.1 Å². The summed E-state index contributed by atoms with van der Waals surface area (Å²) in [5.74, 6) is 2.89. The summed E-state index contributed by atoms with van der Waals surface area (Å²) in [5, 5.41) is 0. The van der Waals surface area contributed by atoms with Crippen molar-refractivity contribution in [3.63, 3.8) is 0 Å². The minimum atomic E-state index is 0.692. The number of benzene rings is 1. The number of nitrogens with zero attached hydrogens (tertiary/aromatic N) is 2. The van der Waals surface area contributed by atoms with Crippen LogP contribution in [-0.2, 0) is 0 Å². The van der Waals surface area contributed by atoms with Crippen molar-refractivity contribution in [2.75, 3.05) is 0 Å². The average molecular weight is 228 g/mol. The largest absolute Gasteiger partial charge is 0.325 e. The zero-order chi connectivity index (χ0) is 12.0. The fraction of sp³-hybridized carbons (Fsp3) is 0.533. The Kier molecular flexibility index (Phi) is 2.46. The Labute approximate surface area is 103 Å². The van der Waals surface area contributed by atoms with Gasteiger partial charge in [-0.1, -0.05) is 38.8 Å². The molecule has 0 amide bonds. The number of fused-ring (bicyclic) bond motifs is 1. The highest BCUT2D eigenvalue weighted by Crippen LogP contribution is 2.55. The minimum absolute atomic E-state index is 0.692. The molecule has 1 saturated carbocycles. The number of aryl methyl sites for hydroxylation is 1. The van der Waals surface area contributed by atoms with Crippen LogP contribution in [0.4, 0.5) is 0 Å². The predicted molar refractivity (Wildman–Crippen MR) is 71.1 cm³/mol. The Balaban J connectivity index is 2.09. The quantitative estimate of drug-likeness (QED) is 0.777. The fourth-order valence-corrected chi connectivity index (χ4v) is 3.44. The summed E-state index contributed by atoms with van der Waals surface area (Å²) in [7, 11) is 0. The van der Waals surface area contributed by atoms with E-state index in [1.54, 1.807) is 0 Å². The molecular formula is C15H20N2. The molecule has 0 bridgehead atoms. The number of imidazole rings is 1. The van der Waals surface area contributed by atoms with Crippen molar-refractivity contribution in [3.8, 4) is 0 Å². The van der Waals surface area contributed by atoms with Crippen molar-refractivity contribution >= 4 is 11.0 Å². The van der Waals surface area contributed by atoms with Crippen LogP contribution in [0.3, 0.4) is 0 Å². The van der Waals surface area contributed by atoms with Crippen LogP contribution in [0.1, 0.15) is 38.6 Å². The van der Waals surface area contributed by atoms with Gasteiger partial charge >= 0.3 is 0 Å². The molecule has 1 aromatic carbocycles. The van der Waals surface area contributed by atoms with E-state index in [2.05, 4.69) is 54.6 Å². The van der Waals surface area contributed by atoms with Crippen molar-refractivity contribution < 1.29 is 0 Å². The highest BCUT2D eigenvalue weighted by atomic mass is 15.1. The molecule has 0 aliphatic heterocycles. The summed E-state index contributed by atoms with van der Waals surface area (Å²) in [4.78, 5) is 4.67. The Hall–Kier alpha value is -1.31. The van der Waals surface area contributed by atoms with E-state index in [1.165, 1.54) is 24.2 Å². The van der Waals surface area contributed by atoms with Crippen LogP contribution in [0.5, 0.6) is 0 Å². The van der Waals surface area contributed by atoms with Gasteiger partial charge in [-0.2, -0.15) is 0 Å². The molecule has 3 rings (SSSR count). The van der Waals surface area contributed by atoms with Crippen LogP contribution >= 0.6 is 0 Å². The fourth-order valence-electron chi connectivity index (χ4n) is 3.44. The van der Waals surface area contributed by atoms with E-state index < -0.39 is 0 Å². The Morgan fingerprint density at radius 2 is 1.76 bits per heavy atom. The summed E-state index contributed by atoms with van der Waals surface area (Å²) in [6.45, 7) is 6.75. The van der Waals surface area contributed by atoms with E-state index in [0.717, 1.165) is 17.4 Å². The number of aromatic nitrogens is 2. The lowest BCUT2D eigenvalue weighted by atomic mass is 10.2. The van der Waals surface area contributed by atoms with Gasteiger partial charge in [-0.3, -0.25) is 0 Å². The Bertz CT molecular complexity index is 531. The lowest BCUT2D eigenvalue weighted by Gasteiger charge is -2.06. The van der Waals surface area contributed by atoms with Crippen molar-refractivity contribution in [2.45, 2.75) is 39.7 Å². The zero-order valence-corrected chi connectivity index (χ0v) is 10.9. The molecule has 1 aliphatic rings. The van der Waals surface area contributed by atoms with Gasteiger partial charge in [-0.15, -0.1) is 0 Å². The van der Waals surface area contributed by atoms with Crippen LogP contribution in [0, 0.1) is 18.8 Å². The second kappa shape index (κ2) is 3.86. The maximum Gasteiger partial charge on any atom is 0.106 e. The van der Waals surface area contributed by atoms with Crippen molar-refractivity contribution in [2.24, 2.45) is 11.8 Å². The number of hydrogen-bond acceptors (Lipinski definition) is 1. The van der Waals surface area contributed by atoms with E-state index in [-0.39, 0.29) is 0 Å². The molecule has 2 unspecified atom stereocenters. The molecular weight excluding hydrogens is 208 g/mol. The average Bonchev–Trinajstić information content (AvgIpc) is 2.95. The first-order chi connectivity index (χ1) is 8.27. The van der Waals surface area contributed by atoms with E-state index in [4.69, 9.17) is 0 Å². The third-order valence-electron chi connectivity index (χ3n) is 4.30. The molecule has 0 spiro atoms. The van der Waals surface area contributed by atoms with E-state index in [0.29, 0.717) is 6.04 Å². The van der Waals surface area contributed by atoms with Gasteiger partial charge in [0.2, 0.25) is 0 Å². The standard InChI is InChI=1S/C15H20N2/c1-4-11-12(5-2)15(11)17-10(3)16-13-8-6-7-9-14(13)17/h6-9,11-12,15H,4-5H2,1-3H3. The molecule has 17 heavy (non-hydrogen) atoms. The molecule has 0 saturated heterocycles. The number of para-hydroxylation sites is 2. The van der Waals surface area contributed by atoms with Crippen molar-refractivity contribution in [1.29, 1.82) is 0 Å². The zero-order valence-electron chi connectivity index (χ0n) is 10.9. The lowest BCUT2D eigenvalue weighted by Crippen LogP contribution is -1.99. The van der Waals surface area contributed by atoms with Gasteiger partial charge in [0.25, 0.3) is 0 Å². The van der Waals surface area contributed by atoms with Crippen LogP contribution < -0.4 is 0 Å². The summed E-state index contributed by atoms with van der Waals surface area (Å²) >= 11 is 0. The normalized spacial score (nSPS) is 27.6. The van der Waals surface area contributed by atoms with Gasteiger partial charge in [0, 0.05) is 6.04 Å². The summed E-state index contributed by atoms with van der Waals surface area (Å²) < 4.78 is 2.47. The molecule has 0 N–H and O–H groups in total. The van der Waals surface area contributed by atoms with Crippen molar-refractivity contribution in [1.82, 2.24) is 9.55 Å². The van der Waals surface area contributed by atoms with E-state index in [9.17, 15) is 0 Å². The molecule has 0 radical (unpaired) electrons. The third-order valence-corrected chi connectivity index (χ3v) is 4.30. The van der Waals surface area contributed by atoms with Gasteiger partial charge in [0.15, 0.2) is 0 Å². The van der Waals surface area contributed by atoms with E-state index >= 15 is 0 Å². The molecule has 1 fully saturated rings. The summed E-state index contributed by atoms with van der Waals surface area (Å²) in [5.41, 5.74) is 2.45. The number of hydrogen-bond donors (Lipinski definition) is 0. The first kappa shape index (κ1) is 10.8. The highest BCUT2D eigenvalue weighted by molar-refractivity contribution is 5.76. The third kappa shape index (κ3) is 1.50. The minimum Gasteiger partial charge on any atom is -0.325 e. The topological polar surface area (TPSA) is 17.8 Å². The Morgan fingerprint density at radius 1 is 1.12 bits per heavy atom. The molecule has 1 aliphatic carbocycles. The van der Waals surface area contributed by atoms with E-state index in [1.807, 2.05) is 0 Å². The SMILES string of the molecule is CCC1C(CC)C1n1c(C)nc2ccccc21. The molecule has 1 heterocycles. The second-order valence-electron chi connectivity index (χ2n) is 5.15. The highest BCUT2D eigenvalue weighted by Gasteiger charge is 2.49. The molecule has 2 heteroatoms. The predicted octanol–water partition coefficient (Wildman–Crippen LogP) is 3.95. The molecule has 90 valence electrons. The maximum absolute atomic E-state index is 4.67. The van der Waals surface area contributed by atoms with Gasteiger partial charge < -0.3 is 4.57 Å². The first-order valence-corrected chi connectivity index (χ1v) is 6.71. The van der Waals surface area contributed by atoms with Gasteiger partial charge in [0.1, 0.15) is 5.82 Å². The molecule has 2 nitrogen and oxygen atoms in total. The summed E-state index contributed by atoms with van der Waals surface area (Å²) in [6, 6.07) is 9.19. The first-order valence-electron chi connectivity index (χ1n) is 6.71. The monoisotopic (exact) mass is 228 g/mol. The van der Waals surface area contributed by atoms with Gasteiger partial charge in [0.05, 0.1) is 11.0 Å². The molecule has 2 aromatic rings. The molecule has 1 aromatic heterocycles. The van der Waals surface area contributed by atoms with Gasteiger partial charge in [-0.05, 0) is 30.9 Å². The Morgan fingerprint density at radius 3 is 2.41 bits per heavy atom. The van der Waals surface area contributed by atoms with Crippen LogP contribution in [0.2, 0.25) is 0 Å². The van der Waals surface area contributed by atoms with Crippen LogP contribution in [0.25, 0.3) is 11.0 Å². The number of rotatable bonds is 3. The smallest absolute Gasteiger partial charge is 0.106 e. The second-order valence-corrected chi connectivity index (χ2v) is 5.15. The lowest BCUT2D eigenvalue weighted by molar-refractivity contribution is 0.634.